The Morgan fingerprint density at radius 3 is 2.09 bits per heavy atom. The van der Waals surface area contributed by atoms with Crippen molar-refractivity contribution < 1.29 is 14.2 Å². The van der Waals surface area contributed by atoms with Crippen LogP contribution in [-0.2, 0) is 6.54 Å². The summed E-state index contributed by atoms with van der Waals surface area (Å²) in [6, 6.07) is 22.7. The van der Waals surface area contributed by atoms with Crippen LogP contribution >= 0.6 is 0 Å². The van der Waals surface area contributed by atoms with E-state index < -0.39 is 0 Å². The Bertz CT molecular complexity index is 1250. The molecule has 0 saturated heterocycles. The molecular formula is C27H28N2O4. The molecule has 4 rings (SSSR count). The maximum Gasteiger partial charge on any atom is 0.261 e. The second-order valence-corrected chi connectivity index (χ2v) is 7.72. The van der Waals surface area contributed by atoms with Crippen LogP contribution in [0.2, 0.25) is 0 Å². The van der Waals surface area contributed by atoms with Crippen molar-refractivity contribution in [3.8, 4) is 28.6 Å². The summed E-state index contributed by atoms with van der Waals surface area (Å²) in [6.07, 6.45) is 2.70. The van der Waals surface area contributed by atoms with Crippen LogP contribution in [0.3, 0.4) is 0 Å². The molecule has 0 saturated carbocycles. The van der Waals surface area contributed by atoms with Gasteiger partial charge in [0.2, 0.25) is 0 Å². The van der Waals surface area contributed by atoms with Crippen molar-refractivity contribution in [3.05, 3.63) is 83.2 Å². The standard InChI is InChI=1S/C27H28N2O4/c1-31-21-12-10-20(11-13-21)26-28-25-9-5-4-8-24(25)27(30)29(26)18-6-3-7-19-33-23-16-14-22(32-2)15-17-23/h4-5,8-17H,3,6-7,18-19H2,1-2H3. The van der Waals surface area contributed by atoms with Crippen molar-refractivity contribution in [2.75, 3.05) is 20.8 Å². The highest BCUT2D eigenvalue weighted by atomic mass is 16.5. The molecule has 0 spiro atoms. The first-order valence-electron chi connectivity index (χ1n) is 11.1. The number of fused-ring (bicyclic) bond motifs is 1. The first-order chi connectivity index (χ1) is 16.2. The van der Waals surface area contributed by atoms with Gasteiger partial charge in [-0.05, 0) is 79.9 Å². The first kappa shape index (κ1) is 22.4. The van der Waals surface area contributed by atoms with Crippen molar-refractivity contribution in [3.63, 3.8) is 0 Å². The van der Waals surface area contributed by atoms with Gasteiger partial charge in [0.15, 0.2) is 0 Å². The SMILES string of the molecule is COc1ccc(OCCCCCn2c(-c3ccc(OC)cc3)nc3ccccc3c2=O)cc1. The Morgan fingerprint density at radius 1 is 0.758 bits per heavy atom. The maximum atomic E-state index is 13.3. The van der Waals surface area contributed by atoms with Gasteiger partial charge in [-0.2, -0.15) is 0 Å². The van der Waals surface area contributed by atoms with Gasteiger partial charge in [0, 0.05) is 12.1 Å². The molecule has 6 heteroatoms. The lowest BCUT2D eigenvalue weighted by molar-refractivity contribution is 0.303. The Morgan fingerprint density at radius 2 is 1.39 bits per heavy atom. The van der Waals surface area contributed by atoms with Crippen molar-refractivity contribution in [2.24, 2.45) is 0 Å². The maximum absolute atomic E-state index is 13.3. The Balaban J connectivity index is 1.44. The van der Waals surface area contributed by atoms with Crippen LogP contribution in [-0.4, -0.2) is 30.4 Å². The molecule has 0 fully saturated rings. The lowest BCUT2D eigenvalue weighted by atomic mass is 10.1. The largest absolute Gasteiger partial charge is 0.497 e. The van der Waals surface area contributed by atoms with E-state index in [2.05, 4.69) is 0 Å². The molecule has 0 unspecified atom stereocenters. The van der Waals surface area contributed by atoms with Crippen molar-refractivity contribution in [2.45, 2.75) is 25.8 Å². The number of unbranched alkanes of at least 4 members (excludes halogenated alkanes) is 2. The van der Waals surface area contributed by atoms with Crippen LogP contribution in [0.4, 0.5) is 0 Å². The Hall–Kier alpha value is -3.80. The molecule has 170 valence electrons. The van der Waals surface area contributed by atoms with Crippen LogP contribution in [0.25, 0.3) is 22.3 Å². The third-order valence-corrected chi connectivity index (χ3v) is 5.56. The molecule has 0 aliphatic heterocycles. The molecule has 0 aliphatic rings. The van der Waals surface area contributed by atoms with Crippen molar-refractivity contribution in [1.82, 2.24) is 9.55 Å². The van der Waals surface area contributed by atoms with E-state index in [1.54, 1.807) is 18.8 Å². The molecular weight excluding hydrogens is 416 g/mol. The highest BCUT2D eigenvalue weighted by molar-refractivity contribution is 5.79. The Kier molecular flexibility index (Phi) is 7.25. The molecule has 6 nitrogen and oxygen atoms in total. The molecule has 0 radical (unpaired) electrons. The summed E-state index contributed by atoms with van der Waals surface area (Å²) in [6.45, 7) is 1.23. The molecule has 0 N–H and O–H groups in total. The average Bonchev–Trinajstić information content (AvgIpc) is 2.87. The summed E-state index contributed by atoms with van der Waals surface area (Å²) in [5, 5.41) is 0.637. The van der Waals surface area contributed by atoms with E-state index in [1.807, 2.05) is 72.8 Å². The second kappa shape index (κ2) is 10.7. The molecule has 0 amide bonds. The van der Waals surface area contributed by atoms with E-state index in [9.17, 15) is 4.79 Å². The fourth-order valence-electron chi connectivity index (χ4n) is 3.75. The number of ether oxygens (including phenoxy) is 3. The minimum absolute atomic E-state index is 0.0131. The summed E-state index contributed by atoms with van der Waals surface area (Å²) in [5.74, 6) is 3.08. The van der Waals surface area contributed by atoms with Gasteiger partial charge in [-0.1, -0.05) is 12.1 Å². The number of aromatic nitrogens is 2. The molecule has 3 aromatic carbocycles. The molecule has 4 aromatic rings. The summed E-state index contributed by atoms with van der Waals surface area (Å²) in [4.78, 5) is 18.1. The minimum Gasteiger partial charge on any atom is -0.497 e. The third-order valence-electron chi connectivity index (χ3n) is 5.56. The zero-order chi connectivity index (χ0) is 23.0. The number of nitrogens with zero attached hydrogens (tertiary/aromatic N) is 2. The third kappa shape index (κ3) is 5.34. The fraction of sp³-hybridized carbons (Fsp3) is 0.259. The quantitative estimate of drug-likeness (QED) is 0.309. The number of para-hydroxylation sites is 1. The lowest BCUT2D eigenvalue weighted by Gasteiger charge is -2.14. The van der Waals surface area contributed by atoms with Gasteiger partial charge < -0.3 is 14.2 Å². The topological polar surface area (TPSA) is 62.6 Å². The van der Waals surface area contributed by atoms with Crippen molar-refractivity contribution in [1.29, 1.82) is 0 Å². The molecule has 1 heterocycles. The van der Waals surface area contributed by atoms with Gasteiger partial charge in [0.1, 0.15) is 23.1 Å². The van der Waals surface area contributed by atoms with Crippen molar-refractivity contribution >= 4 is 10.9 Å². The lowest BCUT2D eigenvalue weighted by Crippen LogP contribution is -2.23. The normalized spacial score (nSPS) is 10.8. The molecule has 1 aromatic heterocycles. The number of benzene rings is 3. The van der Waals surface area contributed by atoms with Crippen LogP contribution < -0.4 is 19.8 Å². The molecule has 0 bridgehead atoms. The number of rotatable bonds is 10. The van der Waals surface area contributed by atoms with Crippen LogP contribution in [0, 0.1) is 0 Å². The molecule has 0 atom stereocenters. The summed E-state index contributed by atoms with van der Waals surface area (Å²) < 4.78 is 18.0. The van der Waals surface area contributed by atoms with Gasteiger partial charge in [0.25, 0.3) is 5.56 Å². The zero-order valence-corrected chi connectivity index (χ0v) is 19.0. The summed E-state index contributed by atoms with van der Waals surface area (Å²) in [5.41, 5.74) is 1.58. The van der Waals surface area contributed by atoms with Crippen LogP contribution in [0.5, 0.6) is 17.2 Å². The predicted octanol–water partition coefficient (Wildman–Crippen LogP) is 5.33. The second-order valence-electron chi connectivity index (χ2n) is 7.72. The van der Waals surface area contributed by atoms with E-state index in [4.69, 9.17) is 19.2 Å². The van der Waals surface area contributed by atoms with Gasteiger partial charge in [-0.3, -0.25) is 9.36 Å². The fourth-order valence-corrected chi connectivity index (χ4v) is 3.75. The van der Waals surface area contributed by atoms with Gasteiger partial charge in [-0.15, -0.1) is 0 Å². The van der Waals surface area contributed by atoms with Crippen LogP contribution in [0.1, 0.15) is 19.3 Å². The van der Waals surface area contributed by atoms with Gasteiger partial charge >= 0.3 is 0 Å². The van der Waals surface area contributed by atoms with E-state index in [1.165, 1.54) is 0 Å². The van der Waals surface area contributed by atoms with Gasteiger partial charge in [0.05, 0.1) is 31.7 Å². The molecule has 0 aliphatic carbocycles. The summed E-state index contributed by atoms with van der Waals surface area (Å²) >= 11 is 0. The van der Waals surface area contributed by atoms with E-state index in [0.29, 0.717) is 29.9 Å². The first-order valence-corrected chi connectivity index (χ1v) is 11.1. The van der Waals surface area contributed by atoms with E-state index >= 15 is 0 Å². The number of hydrogen-bond acceptors (Lipinski definition) is 5. The zero-order valence-electron chi connectivity index (χ0n) is 19.0. The summed E-state index contributed by atoms with van der Waals surface area (Å²) in [7, 11) is 3.28. The highest BCUT2D eigenvalue weighted by Gasteiger charge is 2.12. The smallest absolute Gasteiger partial charge is 0.261 e. The Labute approximate surface area is 193 Å². The number of hydrogen-bond donors (Lipinski definition) is 0. The molecule has 33 heavy (non-hydrogen) atoms. The average molecular weight is 445 g/mol. The van der Waals surface area contributed by atoms with E-state index in [-0.39, 0.29) is 5.56 Å². The minimum atomic E-state index is -0.0131. The van der Waals surface area contributed by atoms with Crippen LogP contribution in [0.15, 0.2) is 77.6 Å². The van der Waals surface area contributed by atoms with E-state index in [0.717, 1.165) is 42.1 Å². The van der Waals surface area contributed by atoms with Gasteiger partial charge in [-0.25, -0.2) is 4.98 Å². The number of methoxy groups -OCH3 is 2. The highest BCUT2D eigenvalue weighted by Crippen LogP contribution is 2.22. The predicted molar refractivity (Wildman–Crippen MR) is 130 cm³/mol. The monoisotopic (exact) mass is 444 g/mol.